The maximum absolute atomic E-state index is 11.0. The zero-order valence-electron chi connectivity index (χ0n) is 14.4. The van der Waals surface area contributed by atoms with E-state index in [0.29, 0.717) is 0 Å². The van der Waals surface area contributed by atoms with E-state index in [1.54, 1.807) is 36.4 Å². The molecule has 0 aliphatic rings. The molecule has 0 N–H and O–H groups in total. The smallest absolute Gasteiger partial charge is 0.406 e. The van der Waals surface area contributed by atoms with E-state index in [0.717, 1.165) is 11.1 Å². The van der Waals surface area contributed by atoms with Gasteiger partial charge >= 0.3 is 11.6 Å². The molecular weight excluding hydrogens is 368 g/mol. The van der Waals surface area contributed by atoms with Crippen LogP contribution < -0.4 is 9.47 Å². The van der Waals surface area contributed by atoms with Crippen molar-refractivity contribution >= 4 is 11.6 Å². The first kappa shape index (κ1) is 18.7. The van der Waals surface area contributed by atoms with Crippen molar-refractivity contribution < 1.29 is 19.3 Å². The summed E-state index contributed by atoms with van der Waals surface area (Å²) in [5, 5.41) is 22.0. The molecule has 10 heteroatoms. The van der Waals surface area contributed by atoms with Crippen LogP contribution in [0.25, 0.3) is 0 Å². The molecule has 0 fully saturated rings. The SMILES string of the molecule is O=[N+]([O-])c1ncccc1OCc1cccc(COc2cccnc2[N+](=O)[O-])c1. The molecule has 28 heavy (non-hydrogen) atoms. The standard InChI is InChI=1S/C18H14N4O6/c23-21(24)17-15(6-2-8-19-17)27-11-13-4-1-5-14(10-13)12-28-16-7-3-9-20-18(16)22(25)26/h1-10H,11-12H2. The summed E-state index contributed by atoms with van der Waals surface area (Å²) in [5.41, 5.74) is 1.50. The quantitative estimate of drug-likeness (QED) is 0.427. The molecule has 142 valence electrons. The lowest BCUT2D eigenvalue weighted by molar-refractivity contribution is -0.390. The lowest BCUT2D eigenvalue weighted by Gasteiger charge is -2.09. The number of rotatable bonds is 8. The number of pyridine rings is 2. The first-order valence-corrected chi connectivity index (χ1v) is 8.07. The molecule has 0 radical (unpaired) electrons. The van der Waals surface area contributed by atoms with E-state index < -0.39 is 9.85 Å². The van der Waals surface area contributed by atoms with Crippen molar-refractivity contribution in [2.75, 3.05) is 0 Å². The van der Waals surface area contributed by atoms with E-state index in [2.05, 4.69) is 9.97 Å². The Bertz CT molecular complexity index is 934. The zero-order chi connectivity index (χ0) is 19.9. The third-order valence-corrected chi connectivity index (χ3v) is 3.63. The van der Waals surface area contributed by atoms with Gasteiger partial charge in [0.1, 0.15) is 25.6 Å². The van der Waals surface area contributed by atoms with Crippen LogP contribution in [0.15, 0.2) is 60.9 Å². The fourth-order valence-electron chi connectivity index (χ4n) is 2.40. The van der Waals surface area contributed by atoms with E-state index in [-0.39, 0.29) is 36.3 Å². The molecule has 2 aromatic heterocycles. The van der Waals surface area contributed by atoms with Crippen LogP contribution in [0, 0.1) is 20.2 Å². The minimum absolute atomic E-state index is 0.0696. The fraction of sp³-hybridized carbons (Fsp3) is 0.111. The average molecular weight is 382 g/mol. The summed E-state index contributed by atoms with van der Waals surface area (Å²) in [6.45, 7) is 0.181. The first-order chi connectivity index (χ1) is 13.5. The van der Waals surface area contributed by atoms with Crippen molar-refractivity contribution in [3.8, 4) is 11.5 Å². The second kappa shape index (κ2) is 8.54. The number of ether oxygens (including phenoxy) is 2. The number of benzene rings is 1. The van der Waals surface area contributed by atoms with Crippen LogP contribution in [0.5, 0.6) is 11.5 Å². The Balaban J connectivity index is 1.67. The van der Waals surface area contributed by atoms with Gasteiger partial charge < -0.3 is 29.7 Å². The van der Waals surface area contributed by atoms with Crippen molar-refractivity contribution in [2.45, 2.75) is 13.2 Å². The Morgan fingerprint density at radius 2 is 1.21 bits per heavy atom. The Hall–Kier alpha value is -4.08. The summed E-state index contributed by atoms with van der Waals surface area (Å²) in [4.78, 5) is 28.1. The molecule has 3 rings (SSSR count). The van der Waals surface area contributed by atoms with Crippen LogP contribution >= 0.6 is 0 Å². The van der Waals surface area contributed by atoms with Crippen LogP contribution in [0.3, 0.4) is 0 Å². The predicted octanol–water partition coefficient (Wildman–Crippen LogP) is 3.45. The Morgan fingerprint density at radius 1 is 0.750 bits per heavy atom. The minimum atomic E-state index is -0.611. The van der Waals surface area contributed by atoms with Gasteiger partial charge in [-0.3, -0.25) is 0 Å². The number of hydrogen-bond acceptors (Lipinski definition) is 8. The van der Waals surface area contributed by atoms with Gasteiger partial charge in [0.05, 0.1) is 0 Å². The molecule has 0 saturated heterocycles. The van der Waals surface area contributed by atoms with E-state index in [4.69, 9.17) is 9.47 Å². The molecule has 0 spiro atoms. The maximum atomic E-state index is 11.0. The summed E-state index contributed by atoms with van der Waals surface area (Å²) < 4.78 is 11.0. The zero-order valence-corrected chi connectivity index (χ0v) is 14.4. The first-order valence-electron chi connectivity index (χ1n) is 8.07. The van der Waals surface area contributed by atoms with E-state index >= 15 is 0 Å². The number of nitrogens with zero attached hydrogens (tertiary/aromatic N) is 4. The van der Waals surface area contributed by atoms with Gasteiger partial charge in [-0.15, -0.1) is 0 Å². The highest BCUT2D eigenvalue weighted by molar-refractivity contribution is 5.39. The third-order valence-electron chi connectivity index (χ3n) is 3.63. The molecule has 0 aliphatic carbocycles. The Kier molecular flexibility index (Phi) is 5.70. The van der Waals surface area contributed by atoms with Gasteiger partial charge in [0.15, 0.2) is 0 Å². The topological polar surface area (TPSA) is 131 Å². The fourth-order valence-corrected chi connectivity index (χ4v) is 2.40. The van der Waals surface area contributed by atoms with Gasteiger partial charge in [0, 0.05) is 0 Å². The molecule has 0 aliphatic heterocycles. The highest BCUT2D eigenvalue weighted by Gasteiger charge is 2.17. The highest BCUT2D eigenvalue weighted by Crippen LogP contribution is 2.25. The predicted molar refractivity (Wildman–Crippen MR) is 96.9 cm³/mol. The molecule has 1 aromatic carbocycles. The maximum Gasteiger partial charge on any atom is 0.406 e. The monoisotopic (exact) mass is 382 g/mol. The van der Waals surface area contributed by atoms with Crippen molar-refractivity contribution in [1.29, 1.82) is 0 Å². The Morgan fingerprint density at radius 3 is 1.64 bits per heavy atom. The van der Waals surface area contributed by atoms with Crippen molar-refractivity contribution in [1.82, 2.24) is 9.97 Å². The minimum Gasteiger partial charge on any atom is -0.481 e. The molecule has 0 amide bonds. The molecule has 3 aromatic rings. The lowest BCUT2D eigenvalue weighted by atomic mass is 10.1. The normalized spacial score (nSPS) is 10.3. The molecule has 0 saturated carbocycles. The molecule has 0 atom stereocenters. The summed E-state index contributed by atoms with van der Waals surface area (Å²) in [6, 6.07) is 13.2. The van der Waals surface area contributed by atoms with E-state index in [1.807, 2.05) is 0 Å². The number of aromatic nitrogens is 2. The van der Waals surface area contributed by atoms with Gasteiger partial charge in [-0.1, -0.05) is 18.2 Å². The van der Waals surface area contributed by atoms with Crippen LogP contribution in [0.4, 0.5) is 11.6 Å². The molecule has 0 unspecified atom stereocenters. The van der Waals surface area contributed by atoms with Gasteiger partial charge in [-0.05, 0) is 61.3 Å². The second-order valence-corrected chi connectivity index (χ2v) is 5.56. The Labute approximate surface area is 158 Å². The average Bonchev–Trinajstić information content (AvgIpc) is 2.71. The van der Waals surface area contributed by atoms with E-state index in [1.165, 1.54) is 24.5 Å². The van der Waals surface area contributed by atoms with Gasteiger partial charge in [0.2, 0.25) is 11.5 Å². The number of hydrogen-bond donors (Lipinski definition) is 0. The number of nitro groups is 2. The molecule has 2 heterocycles. The second-order valence-electron chi connectivity index (χ2n) is 5.56. The van der Waals surface area contributed by atoms with Gasteiger partial charge in [-0.25, -0.2) is 0 Å². The van der Waals surface area contributed by atoms with Crippen LogP contribution in [-0.2, 0) is 13.2 Å². The van der Waals surface area contributed by atoms with Crippen molar-refractivity contribution in [2.24, 2.45) is 0 Å². The molecule has 0 bridgehead atoms. The summed E-state index contributed by atoms with van der Waals surface area (Å²) in [5.74, 6) is -0.572. The molecule has 10 nitrogen and oxygen atoms in total. The lowest BCUT2D eigenvalue weighted by Crippen LogP contribution is -2.03. The van der Waals surface area contributed by atoms with Gasteiger partial charge in [0.25, 0.3) is 0 Å². The van der Waals surface area contributed by atoms with Crippen LogP contribution in [0.1, 0.15) is 11.1 Å². The van der Waals surface area contributed by atoms with E-state index in [9.17, 15) is 20.2 Å². The van der Waals surface area contributed by atoms with Crippen LogP contribution in [0.2, 0.25) is 0 Å². The summed E-state index contributed by atoms with van der Waals surface area (Å²) in [7, 11) is 0. The third kappa shape index (κ3) is 4.55. The highest BCUT2D eigenvalue weighted by atomic mass is 16.6. The summed E-state index contributed by atoms with van der Waals surface area (Å²) in [6.07, 6.45) is 2.64. The van der Waals surface area contributed by atoms with Crippen LogP contribution in [-0.4, -0.2) is 19.8 Å². The van der Waals surface area contributed by atoms with Crippen molar-refractivity contribution in [3.05, 3.63) is 92.3 Å². The molecular formula is C18H14N4O6. The summed E-state index contributed by atoms with van der Waals surface area (Å²) >= 11 is 0. The van der Waals surface area contributed by atoms with Crippen molar-refractivity contribution in [3.63, 3.8) is 0 Å². The van der Waals surface area contributed by atoms with Gasteiger partial charge in [-0.2, -0.15) is 0 Å². The largest absolute Gasteiger partial charge is 0.481 e.